The Kier molecular flexibility index (Phi) is 7.69. The molecule has 0 radical (unpaired) electrons. The smallest absolute Gasteiger partial charge is 0.0465 e. The van der Waals surface area contributed by atoms with Gasteiger partial charge in [-0.15, -0.1) is 0 Å². The molecule has 0 N–H and O–H groups in total. The summed E-state index contributed by atoms with van der Waals surface area (Å²) in [6, 6.07) is 74.8. The quantitative estimate of drug-likeness (QED) is 0.157. The molecule has 0 bridgehead atoms. The van der Waals surface area contributed by atoms with E-state index in [9.17, 15) is 0 Å². The van der Waals surface area contributed by atoms with E-state index in [0.717, 1.165) is 17.1 Å². The van der Waals surface area contributed by atoms with E-state index in [-0.39, 0.29) is 10.8 Å². The van der Waals surface area contributed by atoms with Crippen LogP contribution < -0.4 is 4.90 Å². The molecule has 0 fully saturated rings. The number of hydrogen-bond acceptors (Lipinski definition) is 1. The summed E-state index contributed by atoms with van der Waals surface area (Å²) in [6.45, 7) is 9.50. The van der Waals surface area contributed by atoms with Crippen molar-refractivity contribution in [1.82, 2.24) is 0 Å². The molecule has 0 spiro atoms. The first-order valence-electron chi connectivity index (χ1n) is 21.6. The molecule has 290 valence electrons. The Bertz CT molecular complexity index is 3370. The Balaban J connectivity index is 1.00. The van der Waals surface area contributed by atoms with Crippen LogP contribution in [-0.2, 0) is 10.8 Å². The predicted octanol–water partition coefficient (Wildman–Crippen LogP) is 16.6. The van der Waals surface area contributed by atoms with Gasteiger partial charge in [0, 0.05) is 27.9 Å². The number of rotatable bonds is 5. The van der Waals surface area contributed by atoms with E-state index >= 15 is 0 Å². The standard InChI is InChI=1S/C60H45N/c1-59(2)55-26-16-15-25-47(55)54-33-38(28-32-56(54)59)50-36-52-46-24-14-12-22-44(46)51(37-53(52)45-23-13-11-21-43(45)50)39-27-30-48-49-31-29-42(35-58(49)60(3,4)57(48)34-39)61(40-17-7-5-8-18-40)41-19-9-6-10-20-41/h5-37H,1-4H3. The van der Waals surface area contributed by atoms with Crippen LogP contribution in [0.2, 0.25) is 0 Å². The maximum atomic E-state index is 2.48. The average molecular weight is 780 g/mol. The molecule has 1 heteroatoms. The van der Waals surface area contributed by atoms with Crippen molar-refractivity contribution in [2.45, 2.75) is 38.5 Å². The number of para-hydroxylation sites is 2. The van der Waals surface area contributed by atoms with Crippen LogP contribution in [0.5, 0.6) is 0 Å². The van der Waals surface area contributed by atoms with E-state index in [2.05, 4.69) is 233 Å². The fraction of sp³-hybridized carbons (Fsp3) is 0.100. The molecule has 0 aromatic heterocycles. The molecular formula is C60H45N. The molecular weight excluding hydrogens is 735 g/mol. The number of fused-ring (bicyclic) bond motifs is 11. The minimum absolute atomic E-state index is 0.0209. The third-order valence-corrected chi connectivity index (χ3v) is 14.0. The first-order valence-corrected chi connectivity index (χ1v) is 21.6. The van der Waals surface area contributed by atoms with Gasteiger partial charge in [-0.1, -0.05) is 167 Å². The van der Waals surface area contributed by atoms with Crippen molar-refractivity contribution in [3.8, 4) is 44.5 Å². The normalized spacial score (nSPS) is 14.2. The summed E-state index contributed by atoms with van der Waals surface area (Å²) in [5.41, 5.74) is 19.2. The predicted molar refractivity (Wildman–Crippen MR) is 260 cm³/mol. The van der Waals surface area contributed by atoms with Crippen molar-refractivity contribution in [2.75, 3.05) is 4.90 Å². The van der Waals surface area contributed by atoms with Crippen molar-refractivity contribution in [1.29, 1.82) is 0 Å². The van der Waals surface area contributed by atoms with Gasteiger partial charge in [0.15, 0.2) is 0 Å². The second-order valence-electron chi connectivity index (χ2n) is 18.1. The lowest BCUT2D eigenvalue weighted by atomic mass is 9.80. The second-order valence-corrected chi connectivity index (χ2v) is 18.1. The van der Waals surface area contributed by atoms with Crippen LogP contribution in [0.4, 0.5) is 17.1 Å². The fourth-order valence-corrected chi connectivity index (χ4v) is 10.9. The topological polar surface area (TPSA) is 3.24 Å². The first kappa shape index (κ1) is 35.7. The molecule has 0 saturated carbocycles. The minimum Gasteiger partial charge on any atom is -0.310 e. The Morgan fingerprint density at radius 1 is 0.262 bits per heavy atom. The molecule has 10 aromatic rings. The van der Waals surface area contributed by atoms with Crippen LogP contribution in [0, 0.1) is 0 Å². The van der Waals surface area contributed by atoms with Gasteiger partial charge in [0.2, 0.25) is 0 Å². The molecule has 0 heterocycles. The summed E-state index contributed by atoms with van der Waals surface area (Å²) in [7, 11) is 0. The summed E-state index contributed by atoms with van der Waals surface area (Å²) in [6.07, 6.45) is 0. The summed E-state index contributed by atoms with van der Waals surface area (Å²) >= 11 is 0. The van der Waals surface area contributed by atoms with E-state index in [1.807, 2.05) is 0 Å². The van der Waals surface area contributed by atoms with Crippen molar-refractivity contribution < 1.29 is 0 Å². The zero-order valence-corrected chi connectivity index (χ0v) is 35.0. The van der Waals surface area contributed by atoms with Gasteiger partial charge in [0.25, 0.3) is 0 Å². The lowest BCUT2D eigenvalue weighted by Gasteiger charge is -2.28. The lowest BCUT2D eigenvalue weighted by molar-refractivity contribution is 0.660. The summed E-state index contributed by atoms with van der Waals surface area (Å²) in [5, 5.41) is 7.70. The molecule has 1 nitrogen and oxygen atoms in total. The Morgan fingerprint density at radius 2 is 0.705 bits per heavy atom. The van der Waals surface area contributed by atoms with Crippen LogP contribution in [0.25, 0.3) is 76.8 Å². The van der Waals surface area contributed by atoms with E-state index in [4.69, 9.17) is 0 Å². The Hall–Kier alpha value is -7.22. The van der Waals surface area contributed by atoms with Gasteiger partial charge >= 0.3 is 0 Å². The summed E-state index contributed by atoms with van der Waals surface area (Å²) in [5.74, 6) is 0. The molecule has 12 rings (SSSR count). The number of anilines is 3. The first-order chi connectivity index (χ1) is 29.8. The summed E-state index contributed by atoms with van der Waals surface area (Å²) < 4.78 is 0. The van der Waals surface area contributed by atoms with Crippen molar-refractivity contribution in [3.05, 3.63) is 222 Å². The highest BCUT2D eigenvalue weighted by atomic mass is 15.1. The largest absolute Gasteiger partial charge is 0.310 e. The van der Waals surface area contributed by atoms with Crippen molar-refractivity contribution in [3.63, 3.8) is 0 Å². The zero-order valence-electron chi connectivity index (χ0n) is 35.0. The number of nitrogens with zero attached hydrogens (tertiary/aromatic N) is 1. The van der Waals surface area contributed by atoms with Crippen LogP contribution in [0.1, 0.15) is 49.9 Å². The van der Waals surface area contributed by atoms with Crippen LogP contribution in [0.15, 0.2) is 200 Å². The third kappa shape index (κ3) is 5.26. The van der Waals surface area contributed by atoms with Crippen LogP contribution in [0.3, 0.4) is 0 Å². The molecule has 61 heavy (non-hydrogen) atoms. The molecule has 0 saturated heterocycles. The number of hydrogen-bond donors (Lipinski definition) is 0. The number of benzene rings is 10. The van der Waals surface area contributed by atoms with Gasteiger partial charge in [-0.2, -0.15) is 0 Å². The van der Waals surface area contributed by atoms with Gasteiger partial charge in [-0.05, 0) is 160 Å². The van der Waals surface area contributed by atoms with Gasteiger partial charge in [0.05, 0.1) is 0 Å². The van der Waals surface area contributed by atoms with Gasteiger partial charge in [-0.3, -0.25) is 0 Å². The Labute approximate surface area is 358 Å². The molecule has 10 aromatic carbocycles. The van der Waals surface area contributed by atoms with Gasteiger partial charge in [0.1, 0.15) is 0 Å². The summed E-state index contributed by atoms with van der Waals surface area (Å²) in [4.78, 5) is 2.37. The molecule has 0 amide bonds. The zero-order chi connectivity index (χ0) is 41.0. The molecule has 0 atom stereocenters. The monoisotopic (exact) mass is 779 g/mol. The van der Waals surface area contributed by atoms with E-state index < -0.39 is 0 Å². The highest BCUT2D eigenvalue weighted by Crippen LogP contribution is 2.53. The fourth-order valence-electron chi connectivity index (χ4n) is 10.9. The average Bonchev–Trinajstić information content (AvgIpc) is 3.67. The van der Waals surface area contributed by atoms with Crippen molar-refractivity contribution >= 4 is 49.4 Å². The SMILES string of the molecule is CC1(C)c2ccccc2-c2cc(-c3cc4c5ccccc5c(-c5ccc6c(c5)C(C)(C)c5cc(N(c7ccccc7)c7ccccc7)ccc5-6)cc4c4ccccc34)ccc21. The van der Waals surface area contributed by atoms with Gasteiger partial charge in [-0.25, -0.2) is 0 Å². The van der Waals surface area contributed by atoms with Crippen LogP contribution in [-0.4, -0.2) is 0 Å². The highest BCUT2D eigenvalue weighted by molar-refractivity contribution is 6.24. The molecule has 2 aliphatic rings. The molecule has 0 aliphatic heterocycles. The molecule has 0 unspecified atom stereocenters. The van der Waals surface area contributed by atoms with Crippen molar-refractivity contribution in [2.24, 2.45) is 0 Å². The minimum atomic E-state index is -0.199. The van der Waals surface area contributed by atoms with E-state index in [1.54, 1.807) is 0 Å². The lowest BCUT2D eigenvalue weighted by Crippen LogP contribution is -2.16. The maximum absolute atomic E-state index is 2.48. The van der Waals surface area contributed by atoms with Crippen LogP contribution >= 0.6 is 0 Å². The molecule has 2 aliphatic carbocycles. The van der Waals surface area contributed by atoms with E-state index in [1.165, 1.54) is 99.1 Å². The van der Waals surface area contributed by atoms with Gasteiger partial charge < -0.3 is 4.90 Å². The highest BCUT2D eigenvalue weighted by Gasteiger charge is 2.37. The Morgan fingerprint density at radius 3 is 1.33 bits per heavy atom. The van der Waals surface area contributed by atoms with E-state index in [0.29, 0.717) is 0 Å². The third-order valence-electron chi connectivity index (χ3n) is 14.0. The second kappa shape index (κ2) is 13.1. The maximum Gasteiger partial charge on any atom is 0.0465 e.